The maximum absolute atomic E-state index is 13.4. The molecule has 0 saturated heterocycles. The molecule has 0 aliphatic carbocycles. The van der Waals surface area contributed by atoms with Crippen molar-refractivity contribution in [3.8, 4) is 22.5 Å². The quantitative estimate of drug-likeness (QED) is 0.311. The van der Waals surface area contributed by atoms with E-state index in [2.05, 4.69) is 34.5 Å². The van der Waals surface area contributed by atoms with E-state index in [1.54, 1.807) is 24.3 Å². The Labute approximate surface area is 226 Å². The fourth-order valence-electron chi connectivity index (χ4n) is 4.85. The molecule has 2 N–H and O–H groups in total. The number of hydrogen-bond acceptors (Lipinski definition) is 6. The molecule has 9 heteroatoms. The highest BCUT2D eigenvalue weighted by molar-refractivity contribution is 6.01. The van der Waals surface area contributed by atoms with E-state index in [1.807, 2.05) is 59.5 Å². The summed E-state index contributed by atoms with van der Waals surface area (Å²) in [5.41, 5.74) is 5.13. The van der Waals surface area contributed by atoms with Crippen molar-refractivity contribution < 1.29 is 14.7 Å². The molecule has 0 radical (unpaired) electrons. The first-order valence-corrected chi connectivity index (χ1v) is 12.9. The number of benzene rings is 3. The second-order valence-corrected chi connectivity index (χ2v) is 9.96. The normalized spacial score (nSPS) is 13.4. The number of nitrogens with one attached hydrogen (secondary N) is 1. The summed E-state index contributed by atoms with van der Waals surface area (Å²) in [7, 11) is 0. The summed E-state index contributed by atoms with van der Waals surface area (Å²) in [6.45, 7) is 4.89. The molecule has 2 heterocycles. The molecule has 0 spiro atoms. The number of hydrogen-bond donors (Lipinski definition) is 2. The molecule has 3 aromatic carbocycles. The highest BCUT2D eigenvalue weighted by Crippen LogP contribution is 2.33. The molecule has 39 heavy (non-hydrogen) atoms. The van der Waals surface area contributed by atoms with Gasteiger partial charge in [-0.25, -0.2) is 9.89 Å². The van der Waals surface area contributed by atoms with E-state index in [-0.39, 0.29) is 18.3 Å². The Balaban J connectivity index is 1.43. The third-order valence-electron chi connectivity index (χ3n) is 6.83. The molecule has 0 unspecified atom stereocenters. The van der Waals surface area contributed by atoms with Gasteiger partial charge in [-0.2, -0.15) is 0 Å². The Morgan fingerprint density at radius 3 is 2.28 bits per heavy atom. The van der Waals surface area contributed by atoms with Crippen LogP contribution in [0.4, 0.5) is 0 Å². The summed E-state index contributed by atoms with van der Waals surface area (Å²) in [5, 5.41) is 24.4. The Kier molecular flexibility index (Phi) is 7.49. The molecule has 1 aliphatic heterocycles. The van der Waals surface area contributed by atoms with Gasteiger partial charge in [-0.3, -0.25) is 9.69 Å². The highest BCUT2D eigenvalue weighted by Gasteiger charge is 2.37. The number of nitrogens with zero attached hydrogens (tertiary/aromatic N) is 5. The Bertz CT molecular complexity index is 1480. The Hall–Kier alpha value is -4.79. The lowest BCUT2D eigenvalue weighted by Gasteiger charge is -2.24. The monoisotopic (exact) mass is 522 g/mol. The minimum atomic E-state index is -1.09. The minimum absolute atomic E-state index is 0.0655. The van der Waals surface area contributed by atoms with Crippen LogP contribution in [0.5, 0.6) is 0 Å². The summed E-state index contributed by atoms with van der Waals surface area (Å²) in [4.78, 5) is 29.2. The Morgan fingerprint density at radius 2 is 1.64 bits per heavy atom. The van der Waals surface area contributed by atoms with Crippen LogP contribution in [0.3, 0.4) is 0 Å². The SMILES string of the molecule is CC(C)CCC1=C(C(=O)O)N(C(=O)c2ccccc2)CN1Cc1ccc(-c2ccccc2-c2nnn[nH]2)cc1. The van der Waals surface area contributed by atoms with Gasteiger partial charge in [-0.1, -0.05) is 80.6 Å². The molecule has 1 aliphatic rings. The van der Waals surface area contributed by atoms with Gasteiger partial charge in [-0.15, -0.1) is 5.10 Å². The molecule has 0 bridgehead atoms. The van der Waals surface area contributed by atoms with E-state index in [4.69, 9.17) is 0 Å². The van der Waals surface area contributed by atoms with Gasteiger partial charge in [0.05, 0.1) is 6.67 Å². The first kappa shape index (κ1) is 25.8. The standard InChI is InChI=1S/C30H30N6O3/c1-20(2)12-17-26-27(30(38)39)36(29(37)23-8-4-3-5-9-23)19-35(26)18-21-13-15-22(16-14-21)24-10-6-7-11-25(24)28-31-33-34-32-28/h3-11,13-16,20H,12,17-19H2,1-2H3,(H,38,39)(H,31,32,33,34). The second-order valence-electron chi connectivity index (χ2n) is 9.96. The van der Waals surface area contributed by atoms with Gasteiger partial charge in [0.25, 0.3) is 5.91 Å². The average Bonchev–Trinajstić information content (AvgIpc) is 3.61. The molecule has 9 nitrogen and oxygen atoms in total. The predicted octanol–water partition coefficient (Wildman–Crippen LogP) is 5.18. The first-order chi connectivity index (χ1) is 18.9. The van der Waals surface area contributed by atoms with Crippen molar-refractivity contribution in [2.45, 2.75) is 33.2 Å². The fraction of sp³-hybridized carbons (Fsp3) is 0.233. The topological polar surface area (TPSA) is 115 Å². The minimum Gasteiger partial charge on any atom is -0.477 e. The predicted molar refractivity (Wildman–Crippen MR) is 147 cm³/mol. The van der Waals surface area contributed by atoms with Crippen molar-refractivity contribution in [3.05, 3.63) is 101 Å². The number of aromatic amines is 1. The van der Waals surface area contributed by atoms with Crippen molar-refractivity contribution >= 4 is 11.9 Å². The zero-order valence-corrected chi connectivity index (χ0v) is 21.9. The third-order valence-corrected chi connectivity index (χ3v) is 6.83. The smallest absolute Gasteiger partial charge is 0.354 e. The lowest BCUT2D eigenvalue weighted by molar-refractivity contribution is -0.134. The van der Waals surface area contributed by atoms with Crippen LogP contribution in [0.1, 0.15) is 42.6 Å². The Morgan fingerprint density at radius 1 is 0.949 bits per heavy atom. The van der Waals surface area contributed by atoms with Crippen molar-refractivity contribution in [3.63, 3.8) is 0 Å². The summed E-state index contributed by atoms with van der Waals surface area (Å²) in [5.74, 6) is -0.413. The van der Waals surface area contributed by atoms with Gasteiger partial charge in [0, 0.05) is 23.4 Å². The van der Waals surface area contributed by atoms with Gasteiger partial charge >= 0.3 is 5.97 Å². The lowest BCUT2D eigenvalue weighted by atomic mass is 9.98. The van der Waals surface area contributed by atoms with E-state index in [0.29, 0.717) is 36.0 Å². The third kappa shape index (κ3) is 5.57. The second kappa shape index (κ2) is 11.3. The van der Waals surface area contributed by atoms with Crippen molar-refractivity contribution in [2.75, 3.05) is 6.67 Å². The molecule has 1 aromatic heterocycles. The number of carbonyl (C=O) groups excluding carboxylic acids is 1. The zero-order chi connectivity index (χ0) is 27.4. The van der Waals surface area contributed by atoms with Crippen LogP contribution in [0.2, 0.25) is 0 Å². The number of rotatable bonds is 9. The van der Waals surface area contributed by atoms with Crippen LogP contribution in [-0.2, 0) is 11.3 Å². The molecule has 0 saturated carbocycles. The molecule has 5 rings (SSSR count). The van der Waals surface area contributed by atoms with E-state index in [1.165, 1.54) is 4.90 Å². The van der Waals surface area contributed by atoms with Crippen molar-refractivity contribution in [1.82, 2.24) is 30.4 Å². The van der Waals surface area contributed by atoms with E-state index < -0.39 is 5.97 Å². The van der Waals surface area contributed by atoms with Gasteiger partial charge in [-0.05, 0) is 58.0 Å². The molecule has 198 valence electrons. The summed E-state index contributed by atoms with van der Waals surface area (Å²) >= 11 is 0. The van der Waals surface area contributed by atoms with E-state index in [0.717, 1.165) is 28.7 Å². The van der Waals surface area contributed by atoms with Gasteiger partial charge in [0.2, 0.25) is 0 Å². The van der Waals surface area contributed by atoms with Crippen LogP contribution in [0, 0.1) is 5.92 Å². The number of carboxylic acid groups (broad SMARTS) is 1. The molecule has 1 amide bonds. The van der Waals surface area contributed by atoms with Crippen molar-refractivity contribution in [2.24, 2.45) is 5.92 Å². The number of aliphatic carboxylic acids is 1. The number of aromatic nitrogens is 4. The highest BCUT2D eigenvalue weighted by atomic mass is 16.4. The van der Waals surface area contributed by atoms with Crippen LogP contribution in [0.25, 0.3) is 22.5 Å². The van der Waals surface area contributed by atoms with Crippen LogP contribution >= 0.6 is 0 Å². The maximum atomic E-state index is 13.4. The van der Waals surface area contributed by atoms with E-state index >= 15 is 0 Å². The number of H-pyrrole nitrogens is 1. The molecular weight excluding hydrogens is 492 g/mol. The molecule has 0 fully saturated rings. The van der Waals surface area contributed by atoms with Gasteiger partial charge in [0.15, 0.2) is 11.5 Å². The number of tetrazole rings is 1. The van der Waals surface area contributed by atoms with Crippen LogP contribution < -0.4 is 0 Å². The van der Waals surface area contributed by atoms with Gasteiger partial charge < -0.3 is 10.0 Å². The van der Waals surface area contributed by atoms with Gasteiger partial charge in [0.1, 0.15) is 0 Å². The van der Waals surface area contributed by atoms with E-state index in [9.17, 15) is 14.7 Å². The summed E-state index contributed by atoms with van der Waals surface area (Å²) in [6, 6.07) is 24.9. The van der Waals surface area contributed by atoms with Crippen LogP contribution in [-0.4, -0.2) is 54.1 Å². The molecule has 4 aromatic rings. The number of carbonyl (C=O) groups is 2. The number of amides is 1. The summed E-state index contributed by atoms with van der Waals surface area (Å²) < 4.78 is 0. The van der Waals surface area contributed by atoms with Crippen LogP contribution in [0.15, 0.2) is 90.3 Å². The number of allylic oxidation sites excluding steroid dienone is 1. The van der Waals surface area contributed by atoms with Crippen molar-refractivity contribution in [1.29, 1.82) is 0 Å². The fourth-order valence-corrected chi connectivity index (χ4v) is 4.85. The number of carboxylic acids is 1. The maximum Gasteiger partial charge on any atom is 0.354 e. The summed E-state index contributed by atoms with van der Waals surface area (Å²) in [6.07, 6.45) is 1.40. The largest absolute Gasteiger partial charge is 0.477 e. The first-order valence-electron chi connectivity index (χ1n) is 12.9. The average molecular weight is 523 g/mol. The molecule has 0 atom stereocenters. The lowest BCUT2D eigenvalue weighted by Crippen LogP contribution is -2.34. The molecular formula is C30H30N6O3. The zero-order valence-electron chi connectivity index (χ0n) is 21.9.